The summed E-state index contributed by atoms with van der Waals surface area (Å²) in [7, 11) is 1.61. The van der Waals surface area contributed by atoms with Crippen LogP contribution in [0.3, 0.4) is 0 Å². The Labute approximate surface area is 155 Å². The van der Waals surface area contributed by atoms with E-state index in [2.05, 4.69) is 4.98 Å². The Balaban J connectivity index is 1.62. The van der Waals surface area contributed by atoms with Crippen LogP contribution in [0.5, 0.6) is 5.75 Å². The molecule has 3 aromatic carbocycles. The summed E-state index contributed by atoms with van der Waals surface area (Å²) < 4.78 is 17.3. The van der Waals surface area contributed by atoms with Gasteiger partial charge in [-0.1, -0.05) is 18.2 Å². The molecule has 0 fully saturated rings. The molecule has 0 atom stereocenters. The molecule has 0 saturated carbocycles. The number of nitrogens with zero attached hydrogens (tertiary/aromatic N) is 1. The van der Waals surface area contributed by atoms with Crippen LogP contribution >= 0.6 is 0 Å². The van der Waals surface area contributed by atoms with Gasteiger partial charge in [0, 0.05) is 16.6 Å². The highest BCUT2D eigenvalue weighted by atomic mass is 16.5. The van der Waals surface area contributed by atoms with Crippen molar-refractivity contribution in [1.82, 2.24) is 4.98 Å². The Kier molecular flexibility index (Phi) is 3.40. The first-order valence-electron chi connectivity index (χ1n) is 8.55. The number of methoxy groups -OCH3 is 1. The topological polar surface area (TPSA) is 74.4 Å². The SMILES string of the molecule is COc1ccc(N)cc1-c1nc2cc(-c3cc4ccccc4o3)ccc2o1. The number of nitrogens with two attached hydrogens (primary N) is 1. The fourth-order valence-corrected chi connectivity index (χ4v) is 3.21. The lowest BCUT2D eigenvalue weighted by Gasteiger charge is -2.05. The molecule has 2 aromatic heterocycles. The maximum atomic E-state index is 5.95. The van der Waals surface area contributed by atoms with Gasteiger partial charge in [-0.2, -0.15) is 0 Å². The van der Waals surface area contributed by atoms with E-state index in [9.17, 15) is 0 Å². The second-order valence-corrected chi connectivity index (χ2v) is 6.31. The Hall–Kier alpha value is -3.73. The summed E-state index contributed by atoms with van der Waals surface area (Å²) in [6.45, 7) is 0. The van der Waals surface area contributed by atoms with Crippen molar-refractivity contribution in [3.05, 3.63) is 66.7 Å². The zero-order chi connectivity index (χ0) is 18.4. The van der Waals surface area contributed by atoms with E-state index in [0.717, 1.165) is 33.4 Å². The van der Waals surface area contributed by atoms with E-state index in [1.165, 1.54) is 0 Å². The molecular weight excluding hydrogens is 340 g/mol. The number of hydrogen-bond acceptors (Lipinski definition) is 5. The summed E-state index contributed by atoms with van der Waals surface area (Å²) in [5.74, 6) is 1.92. The highest BCUT2D eigenvalue weighted by molar-refractivity contribution is 5.86. The second kappa shape index (κ2) is 5.92. The zero-order valence-corrected chi connectivity index (χ0v) is 14.6. The van der Waals surface area contributed by atoms with Gasteiger partial charge in [-0.15, -0.1) is 0 Å². The van der Waals surface area contributed by atoms with Crippen LogP contribution in [-0.4, -0.2) is 12.1 Å². The molecule has 0 unspecified atom stereocenters. The lowest BCUT2D eigenvalue weighted by atomic mass is 10.1. The number of ether oxygens (including phenoxy) is 1. The van der Waals surface area contributed by atoms with Crippen molar-refractivity contribution >= 4 is 27.8 Å². The summed E-state index contributed by atoms with van der Waals surface area (Å²) >= 11 is 0. The monoisotopic (exact) mass is 356 g/mol. The summed E-state index contributed by atoms with van der Waals surface area (Å²) in [5.41, 5.74) is 10.5. The van der Waals surface area contributed by atoms with E-state index in [1.807, 2.05) is 48.5 Å². The molecule has 132 valence electrons. The number of aromatic nitrogens is 1. The van der Waals surface area contributed by atoms with Crippen LogP contribution < -0.4 is 10.5 Å². The van der Waals surface area contributed by atoms with Crippen LogP contribution in [0, 0.1) is 0 Å². The number of anilines is 1. The average molecular weight is 356 g/mol. The van der Waals surface area contributed by atoms with E-state index < -0.39 is 0 Å². The van der Waals surface area contributed by atoms with Crippen molar-refractivity contribution < 1.29 is 13.6 Å². The Morgan fingerprint density at radius 2 is 1.78 bits per heavy atom. The molecule has 27 heavy (non-hydrogen) atoms. The molecule has 0 aliphatic rings. The number of benzene rings is 3. The number of fused-ring (bicyclic) bond motifs is 2. The molecule has 0 aliphatic carbocycles. The number of para-hydroxylation sites is 1. The Morgan fingerprint density at radius 3 is 2.63 bits per heavy atom. The van der Waals surface area contributed by atoms with Gasteiger partial charge < -0.3 is 19.3 Å². The van der Waals surface area contributed by atoms with Crippen molar-refractivity contribution in [3.8, 4) is 28.5 Å². The zero-order valence-electron chi connectivity index (χ0n) is 14.6. The average Bonchev–Trinajstić information content (AvgIpc) is 3.31. The molecule has 0 amide bonds. The van der Waals surface area contributed by atoms with Crippen molar-refractivity contribution in [2.45, 2.75) is 0 Å². The van der Waals surface area contributed by atoms with Crippen LogP contribution in [-0.2, 0) is 0 Å². The third kappa shape index (κ3) is 2.60. The lowest BCUT2D eigenvalue weighted by molar-refractivity contribution is 0.415. The minimum Gasteiger partial charge on any atom is -0.496 e. The summed E-state index contributed by atoms with van der Waals surface area (Å²) in [4.78, 5) is 4.63. The number of oxazole rings is 1. The predicted molar refractivity (Wildman–Crippen MR) is 106 cm³/mol. The molecule has 0 spiro atoms. The first-order chi connectivity index (χ1) is 13.2. The lowest BCUT2D eigenvalue weighted by Crippen LogP contribution is -1.91. The van der Waals surface area contributed by atoms with Crippen LogP contribution in [0.15, 0.2) is 75.6 Å². The first-order valence-corrected chi connectivity index (χ1v) is 8.55. The molecule has 2 N–H and O–H groups in total. The van der Waals surface area contributed by atoms with Gasteiger partial charge in [-0.25, -0.2) is 4.98 Å². The standard InChI is InChI=1S/C22H16N2O3/c1-25-19-9-7-15(23)12-16(19)22-24-17-10-14(6-8-20(17)27-22)21-11-13-4-2-3-5-18(13)26-21/h2-12H,23H2,1H3. The smallest absolute Gasteiger partial charge is 0.231 e. The van der Waals surface area contributed by atoms with Crippen molar-refractivity contribution in [2.75, 3.05) is 12.8 Å². The minimum atomic E-state index is 0.468. The molecule has 0 bridgehead atoms. The fourth-order valence-electron chi connectivity index (χ4n) is 3.21. The van der Waals surface area contributed by atoms with Gasteiger partial charge in [0.25, 0.3) is 0 Å². The number of nitrogen functional groups attached to an aromatic ring is 1. The van der Waals surface area contributed by atoms with Crippen LogP contribution in [0.4, 0.5) is 5.69 Å². The van der Waals surface area contributed by atoms with Crippen molar-refractivity contribution in [1.29, 1.82) is 0 Å². The van der Waals surface area contributed by atoms with Gasteiger partial charge in [0.2, 0.25) is 5.89 Å². The molecule has 0 aliphatic heterocycles. The van der Waals surface area contributed by atoms with Gasteiger partial charge in [-0.05, 0) is 48.5 Å². The quantitative estimate of drug-likeness (QED) is 0.432. The third-order valence-electron chi connectivity index (χ3n) is 4.55. The van der Waals surface area contributed by atoms with Crippen LogP contribution in [0.1, 0.15) is 0 Å². The Bertz CT molecular complexity index is 1250. The van der Waals surface area contributed by atoms with E-state index in [-0.39, 0.29) is 0 Å². The highest BCUT2D eigenvalue weighted by Gasteiger charge is 2.15. The van der Waals surface area contributed by atoms with Crippen LogP contribution in [0.2, 0.25) is 0 Å². The maximum Gasteiger partial charge on any atom is 0.231 e. The summed E-state index contributed by atoms with van der Waals surface area (Å²) in [5, 5.41) is 1.07. The van der Waals surface area contributed by atoms with Crippen LogP contribution in [0.25, 0.3) is 44.8 Å². The maximum absolute atomic E-state index is 5.95. The number of rotatable bonds is 3. The van der Waals surface area contributed by atoms with Gasteiger partial charge in [0.15, 0.2) is 5.58 Å². The molecule has 2 heterocycles. The van der Waals surface area contributed by atoms with Gasteiger partial charge in [0.1, 0.15) is 22.6 Å². The van der Waals surface area contributed by atoms with Crippen molar-refractivity contribution in [2.24, 2.45) is 0 Å². The second-order valence-electron chi connectivity index (χ2n) is 6.31. The summed E-state index contributed by atoms with van der Waals surface area (Å²) in [6, 6.07) is 21.2. The van der Waals surface area contributed by atoms with Gasteiger partial charge >= 0.3 is 0 Å². The highest BCUT2D eigenvalue weighted by Crippen LogP contribution is 2.35. The molecule has 5 heteroatoms. The third-order valence-corrected chi connectivity index (χ3v) is 4.55. The summed E-state index contributed by atoms with van der Waals surface area (Å²) in [6.07, 6.45) is 0. The molecular formula is C22H16N2O3. The van der Waals surface area contributed by atoms with E-state index in [1.54, 1.807) is 25.3 Å². The molecule has 5 nitrogen and oxygen atoms in total. The fraction of sp³-hybridized carbons (Fsp3) is 0.0455. The molecule has 5 rings (SSSR count). The van der Waals surface area contributed by atoms with Gasteiger partial charge in [-0.3, -0.25) is 0 Å². The Morgan fingerprint density at radius 1 is 0.889 bits per heavy atom. The van der Waals surface area contributed by atoms with E-state index in [4.69, 9.17) is 19.3 Å². The largest absolute Gasteiger partial charge is 0.496 e. The number of hydrogen-bond donors (Lipinski definition) is 1. The number of furan rings is 1. The van der Waals surface area contributed by atoms with Crippen molar-refractivity contribution in [3.63, 3.8) is 0 Å². The molecule has 5 aromatic rings. The van der Waals surface area contributed by atoms with E-state index in [0.29, 0.717) is 22.9 Å². The van der Waals surface area contributed by atoms with E-state index >= 15 is 0 Å². The van der Waals surface area contributed by atoms with Gasteiger partial charge in [0.05, 0.1) is 12.7 Å². The predicted octanol–water partition coefficient (Wildman–Crippen LogP) is 5.50. The molecule has 0 radical (unpaired) electrons. The minimum absolute atomic E-state index is 0.468. The normalized spacial score (nSPS) is 11.3. The first kappa shape index (κ1) is 15.5. The molecule has 0 saturated heterocycles.